The highest BCUT2D eigenvalue weighted by Crippen LogP contribution is 2.14. The number of aryl methyl sites for hydroxylation is 1. The van der Waals surface area contributed by atoms with Crippen LogP contribution >= 0.6 is 11.6 Å². The highest BCUT2D eigenvalue weighted by Gasteiger charge is 2.03. The monoisotopic (exact) mass is 216 g/mol. The largest absolute Gasteiger partial charge is 0.475 e. The predicted octanol–water partition coefficient (Wildman–Crippen LogP) is 1.45. The molecule has 0 amide bonds. The van der Waals surface area contributed by atoms with Gasteiger partial charge in [-0.1, -0.05) is 18.5 Å². The van der Waals surface area contributed by atoms with Crippen LogP contribution in [0.4, 0.5) is 0 Å². The van der Waals surface area contributed by atoms with E-state index in [2.05, 4.69) is 9.97 Å². The van der Waals surface area contributed by atoms with Crippen LogP contribution in [0.25, 0.3) is 0 Å². The minimum absolute atomic E-state index is 0.0370. The maximum absolute atomic E-state index is 8.57. The van der Waals surface area contributed by atoms with E-state index in [1.807, 2.05) is 6.92 Å². The van der Waals surface area contributed by atoms with Crippen molar-refractivity contribution >= 4 is 11.6 Å². The van der Waals surface area contributed by atoms with Gasteiger partial charge in [0.2, 0.25) is 5.88 Å². The lowest BCUT2D eigenvalue weighted by atomic mass is 10.3. The van der Waals surface area contributed by atoms with Crippen LogP contribution in [0.15, 0.2) is 6.07 Å². The Morgan fingerprint density at radius 3 is 2.93 bits per heavy atom. The van der Waals surface area contributed by atoms with E-state index in [0.29, 0.717) is 16.9 Å². The summed E-state index contributed by atoms with van der Waals surface area (Å²) in [6.07, 6.45) is 1.73. The third-order valence-corrected chi connectivity index (χ3v) is 1.73. The Bertz CT molecular complexity index is 294. The standard InChI is InChI=1S/C9H13ClN2O2/c1-2-3-8-11-7(10)6-9(12-8)14-5-4-13/h6,13H,2-5H2,1H3. The van der Waals surface area contributed by atoms with Gasteiger partial charge in [-0.2, -0.15) is 4.98 Å². The Morgan fingerprint density at radius 1 is 1.50 bits per heavy atom. The summed E-state index contributed by atoms with van der Waals surface area (Å²) in [5.41, 5.74) is 0. The maximum atomic E-state index is 8.57. The van der Waals surface area contributed by atoms with Gasteiger partial charge in [0.05, 0.1) is 6.61 Å². The Hall–Kier alpha value is -0.870. The summed E-state index contributed by atoms with van der Waals surface area (Å²) in [7, 11) is 0. The summed E-state index contributed by atoms with van der Waals surface area (Å²) in [5, 5.41) is 8.94. The van der Waals surface area contributed by atoms with Crippen molar-refractivity contribution in [1.82, 2.24) is 9.97 Å². The van der Waals surface area contributed by atoms with E-state index in [9.17, 15) is 0 Å². The molecule has 0 bridgehead atoms. The fourth-order valence-corrected chi connectivity index (χ4v) is 1.19. The van der Waals surface area contributed by atoms with E-state index >= 15 is 0 Å². The molecule has 0 spiro atoms. The van der Waals surface area contributed by atoms with Gasteiger partial charge in [0.1, 0.15) is 17.6 Å². The van der Waals surface area contributed by atoms with Crippen LogP contribution < -0.4 is 4.74 Å². The first kappa shape index (κ1) is 11.2. The van der Waals surface area contributed by atoms with Gasteiger partial charge in [-0.15, -0.1) is 0 Å². The molecule has 14 heavy (non-hydrogen) atoms. The van der Waals surface area contributed by atoms with Crippen LogP contribution in [0.2, 0.25) is 5.15 Å². The van der Waals surface area contributed by atoms with Crippen LogP contribution in [-0.4, -0.2) is 28.3 Å². The van der Waals surface area contributed by atoms with E-state index in [4.69, 9.17) is 21.4 Å². The molecule has 0 radical (unpaired) electrons. The van der Waals surface area contributed by atoms with Gasteiger partial charge < -0.3 is 9.84 Å². The molecule has 1 aromatic rings. The number of rotatable bonds is 5. The van der Waals surface area contributed by atoms with Crippen molar-refractivity contribution in [3.8, 4) is 5.88 Å². The smallest absolute Gasteiger partial charge is 0.218 e. The number of aromatic nitrogens is 2. The quantitative estimate of drug-likeness (QED) is 0.757. The fourth-order valence-electron chi connectivity index (χ4n) is 1.00. The molecular formula is C9H13ClN2O2. The predicted molar refractivity (Wildman–Crippen MR) is 53.6 cm³/mol. The van der Waals surface area contributed by atoms with Crippen LogP contribution in [0.3, 0.4) is 0 Å². The number of hydrogen-bond donors (Lipinski definition) is 1. The summed E-state index contributed by atoms with van der Waals surface area (Å²) in [4.78, 5) is 8.18. The van der Waals surface area contributed by atoms with Crippen LogP contribution in [0.1, 0.15) is 19.2 Å². The first-order chi connectivity index (χ1) is 6.76. The molecule has 1 rings (SSSR count). The second-order valence-electron chi connectivity index (χ2n) is 2.77. The van der Waals surface area contributed by atoms with Gasteiger partial charge in [-0.05, 0) is 6.42 Å². The Morgan fingerprint density at radius 2 is 2.29 bits per heavy atom. The summed E-state index contributed by atoms with van der Waals surface area (Å²) >= 11 is 5.77. The summed E-state index contributed by atoms with van der Waals surface area (Å²) in [6, 6.07) is 1.54. The Labute approximate surface area is 87.9 Å². The summed E-state index contributed by atoms with van der Waals surface area (Å²) in [6.45, 7) is 2.22. The lowest BCUT2D eigenvalue weighted by Crippen LogP contribution is -2.05. The number of aliphatic hydroxyl groups is 1. The number of nitrogens with zero attached hydrogens (tertiary/aromatic N) is 2. The Balaban J connectivity index is 2.73. The average molecular weight is 217 g/mol. The Kier molecular flexibility index (Phi) is 4.62. The molecule has 4 nitrogen and oxygen atoms in total. The van der Waals surface area contributed by atoms with Crippen LogP contribution in [0, 0.1) is 0 Å². The fraction of sp³-hybridized carbons (Fsp3) is 0.556. The first-order valence-electron chi connectivity index (χ1n) is 4.53. The molecule has 0 saturated heterocycles. The van der Waals surface area contributed by atoms with Crippen molar-refractivity contribution < 1.29 is 9.84 Å². The lowest BCUT2D eigenvalue weighted by molar-refractivity contribution is 0.196. The highest BCUT2D eigenvalue weighted by atomic mass is 35.5. The minimum atomic E-state index is -0.0370. The highest BCUT2D eigenvalue weighted by molar-refractivity contribution is 6.29. The molecule has 0 atom stereocenters. The molecule has 0 aliphatic rings. The molecule has 0 aliphatic heterocycles. The molecule has 0 aromatic carbocycles. The molecule has 1 heterocycles. The average Bonchev–Trinajstić information content (AvgIpc) is 2.14. The van der Waals surface area contributed by atoms with Gasteiger partial charge in [-0.25, -0.2) is 4.98 Å². The number of aliphatic hydroxyl groups excluding tert-OH is 1. The molecule has 0 fully saturated rings. The van der Waals surface area contributed by atoms with Gasteiger partial charge >= 0.3 is 0 Å². The molecule has 0 aliphatic carbocycles. The molecule has 1 N–H and O–H groups in total. The number of ether oxygens (including phenoxy) is 1. The molecule has 0 saturated carbocycles. The van der Waals surface area contributed by atoms with Gasteiger partial charge in [0.25, 0.3) is 0 Å². The van der Waals surface area contributed by atoms with Gasteiger partial charge in [0, 0.05) is 12.5 Å². The third-order valence-electron chi connectivity index (χ3n) is 1.53. The van der Waals surface area contributed by atoms with Gasteiger partial charge in [-0.3, -0.25) is 0 Å². The van der Waals surface area contributed by atoms with E-state index in [1.54, 1.807) is 0 Å². The van der Waals surface area contributed by atoms with E-state index < -0.39 is 0 Å². The van der Waals surface area contributed by atoms with Crippen molar-refractivity contribution in [3.63, 3.8) is 0 Å². The number of halogens is 1. The second kappa shape index (κ2) is 5.78. The number of hydrogen-bond acceptors (Lipinski definition) is 4. The van der Waals surface area contributed by atoms with Crippen molar-refractivity contribution in [3.05, 3.63) is 17.0 Å². The summed E-state index contributed by atoms with van der Waals surface area (Å²) < 4.78 is 5.14. The molecule has 1 aromatic heterocycles. The van der Waals surface area contributed by atoms with Crippen molar-refractivity contribution in [2.45, 2.75) is 19.8 Å². The topological polar surface area (TPSA) is 55.2 Å². The van der Waals surface area contributed by atoms with Crippen LogP contribution in [-0.2, 0) is 6.42 Å². The van der Waals surface area contributed by atoms with Crippen molar-refractivity contribution in [2.75, 3.05) is 13.2 Å². The molecular weight excluding hydrogens is 204 g/mol. The maximum Gasteiger partial charge on any atom is 0.218 e. The zero-order chi connectivity index (χ0) is 10.4. The van der Waals surface area contributed by atoms with Crippen molar-refractivity contribution in [2.24, 2.45) is 0 Å². The zero-order valence-electron chi connectivity index (χ0n) is 8.03. The molecule has 78 valence electrons. The SMILES string of the molecule is CCCc1nc(Cl)cc(OCCO)n1. The third kappa shape index (κ3) is 3.47. The molecule has 0 unspecified atom stereocenters. The minimum Gasteiger partial charge on any atom is -0.475 e. The van der Waals surface area contributed by atoms with E-state index in [0.717, 1.165) is 12.8 Å². The van der Waals surface area contributed by atoms with E-state index in [1.165, 1.54) is 6.07 Å². The molecule has 5 heteroatoms. The van der Waals surface area contributed by atoms with Crippen molar-refractivity contribution in [1.29, 1.82) is 0 Å². The zero-order valence-corrected chi connectivity index (χ0v) is 8.79. The van der Waals surface area contributed by atoms with Gasteiger partial charge in [0.15, 0.2) is 0 Å². The van der Waals surface area contributed by atoms with Crippen LogP contribution in [0.5, 0.6) is 5.88 Å². The lowest BCUT2D eigenvalue weighted by Gasteiger charge is -2.05. The normalized spacial score (nSPS) is 10.2. The summed E-state index contributed by atoms with van der Waals surface area (Å²) in [5.74, 6) is 1.09. The van der Waals surface area contributed by atoms with E-state index in [-0.39, 0.29) is 13.2 Å². The first-order valence-corrected chi connectivity index (χ1v) is 4.91. The second-order valence-corrected chi connectivity index (χ2v) is 3.15.